The molecular formula is C19H23N5O4S. The number of methoxy groups -OCH3 is 2. The zero-order valence-electron chi connectivity index (χ0n) is 16.8. The minimum Gasteiger partial charge on any atom is -0.497 e. The zero-order valence-corrected chi connectivity index (χ0v) is 17.6. The number of hydrogen-bond donors (Lipinski definition) is 1. The van der Waals surface area contributed by atoms with Gasteiger partial charge in [-0.05, 0) is 25.0 Å². The first-order chi connectivity index (χ1) is 13.9. The van der Waals surface area contributed by atoms with Crippen LogP contribution in [0.5, 0.6) is 11.5 Å². The van der Waals surface area contributed by atoms with Crippen molar-refractivity contribution in [3.63, 3.8) is 0 Å². The van der Waals surface area contributed by atoms with Gasteiger partial charge in [0.25, 0.3) is 5.56 Å². The van der Waals surface area contributed by atoms with Crippen molar-refractivity contribution in [2.45, 2.75) is 13.3 Å². The summed E-state index contributed by atoms with van der Waals surface area (Å²) in [5.41, 5.74) is 1.38. The summed E-state index contributed by atoms with van der Waals surface area (Å²) in [5, 5.41) is 7.69. The standard InChI is InChI=1S/C19H23N5O4S/c1-12-9-17(26)24-18(21-12)29-19(22-24)23(2)11-16(25)20-8-7-13-5-6-14(27-3)10-15(13)28-4/h5-6,9-10H,7-8,11H2,1-4H3,(H,20,25). The summed E-state index contributed by atoms with van der Waals surface area (Å²) in [6.45, 7) is 2.35. The van der Waals surface area contributed by atoms with E-state index in [2.05, 4.69) is 15.4 Å². The average molecular weight is 417 g/mol. The molecule has 1 aromatic carbocycles. The van der Waals surface area contributed by atoms with E-state index < -0.39 is 0 Å². The number of rotatable bonds is 8. The predicted molar refractivity (Wildman–Crippen MR) is 111 cm³/mol. The lowest BCUT2D eigenvalue weighted by molar-refractivity contribution is -0.119. The summed E-state index contributed by atoms with van der Waals surface area (Å²) in [6, 6.07) is 7.02. The van der Waals surface area contributed by atoms with Gasteiger partial charge in [0, 0.05) is 31.4 Å². The number of nitrogens with zero attached hydrogens (tertiary/aromatic N) is 4. The maximum atomic E-state index is 12.3. The first-order valence-electron chi connectivity index (χ1n) is 8.97. The van der Waals surface area contributed by atoms with Crippen LogP contribution < -0.4 is 25.2 Å². The van der Waals surface area contributed by atoms with E-state index in [1.807, 2.05) is 18.2 Å². The van der Waals surface area contributed by atoms with E-state index in [0.29, 0.717) is 28.8 Å². The minimum absolute atomic E-state index is 0.118. The Morgan fingerprint density at radius 1 is 1.28 bits per heavy atom. The van der Waals surface area contributed by atoms with Crippen molar-refractivity contribution in [3.8, 4) is 11.5 Å². The van der Waals surface area contributed by atoms with Gasteiger partial charge in [-0.25, -0.2) is 4.98 Å². The molecule has 10 heteroatoms. The van der Waals surface area contributed by atoms with Gasteiger partial charge in [0.05, 0.1) is 20.8 Å². The molecule has 0 atom stereocenters. The van der Waals surface area contributed by atoms with E-state index >= 15 is 0 Å². The lowest BCUT2D eigenvalue weighted by atomic mass is 10.1. The van der Waals surface area contributed by atoms with E-state index in [1.54, 1.807) is 33.1 Å². The smallest absolute Gasteiger partial charge is 0.275 e. The van der Waals surface area contributed by atoms with Crippen molar-refractivity contribution in [2.24, 2.45) is 0 Å². The summed E-state index contributed by atoms with van der Waals surface area (Å²) >= 11 is 1.26. The molecule has 0 fully saturated rings. The minimum atomic E-state index is -0.235. The molecule has 2 heterocycles. The van der Waals surface area contributed by atoms with Gasteiger partial charge in [0.1, 0.15) is 11.5 Å². The van der Waals surface area contributed by atoms with Gasteiger partial charge in [-0.1, -0.05) is 17.4 Å². The van der Waals surface area contributed by atoms with Gasteiger partial charge in [0.2, 0.25) is 16.0 Å². The highest BCUT2D eigenvalue weighted by Gasteiger charge is 2.14. The fraction of sp³-hybridized carbons (Fsp3) is 0.368. The molecule has 0 bridgehead atoms. The van der Waals surface area contributed by atoms with Crippen LogP contribution in [0, 0.1) is 6.92 Å². The van der Waals surface area contributed by atoms with Gasteiger partial charge < -0.3 is 19.7 Å². The molecule has 0 saturated heterocycles. The number of anilines is 1. The topological polar surface area (TPSA) is 98.1 Å². The third-order valence-corrected chi connectivity index (χ3v) is 5.30. The Hall–Kier alpha value is -3.14. The van der Waals surface area contributed by atoms with Crippen molar-refractivity contribution in [1.29, 1.82) is 0 Å². The number of hydrogen-bond acceptors (Lipinski definition) is 8. The number of fused-ring (bicyclic) bond motifs is 1. The molecule has 2 aromatic heterocycles. The summed E-state index contributed by atoms with van der Waals surface area (Å²) in [6.07, 6.45) is 0.627. The van der Waals surface area contributed by atoms with E-state index in [9.17, 15) is 9.59 Å². The molecule has 1 N–H and O–H groups in total. The van der Waals surface area contributed by atoms with Crippen LogP contribution in [-0.2, 0) is 11.2 Å². The number of ether oxygens (including phenoxy) is 2. The normalized spacial score (nSPS) is 10.8. The van der Waals surface area contributed by atoms with Crippen LogP contribution in [0.25, 0.3) is 4.96 Å². The highest BCUT2D eigenvalue weighted by molar-refractivity contribution is 7.20. The highest BCUT2D eigenvalue weighted by Crippen LogP contribution is 2.24. The molecule has 0 radical (unpaired) electrons. The Bertz CT molecular complexity index is 1080. The van der Waals surface area contributed by atoms with Gasteiger partial charge in [-0.2, -0.15) is 4.52 Å². The number of likely N-dealkylation sites (N-methyl/N-ethyl adjacent to an activating group) is 1. The number of carbonyl (C=O) groups is 1. The molecule has 0 aliphatic carbocycles. The first kappa shape index (κ1) is 20.6. The van der Waals surface area contributed by atoms with Gasteiger partial charge >= 0.3 is 0 Å². The number of carbonyl (C=O) groups excluding carboxylic acids is 1. The van der Waals surface area contributed by atoms with Crippen molar-refractivity contribution in [3.05, 3.63) is 45.9 Å². The monoisotopic (exact) mass is 417 g/mol. The molecule has 0 unspecified atom stereocenters. The highest BCUT2D eigenvalue weighted by atomic mass is 32.1. The second-order valence-electron chi connectivity index (χ2n) is 6.45. The van der Waals surface area contributed by atoms with E-state index in [0.717, 1.165) is 17.1 Å². The van der Waals surface area contributed by atoms with Gasteiger partial charge in [-0.15, -0.1) is 5.10 Å². The first-order valence-corrected chi connectivity index (χ1v) is 9.79. The van der Waals surface area contributed by atoms with Gasteiger partial charge in [-0.3, -0.25) is 9.59 Å². The van der Waals surface area contributed by atoms with Crippen LogP contribution in [0.1, 0.15) is 11.3 Å². The molecular weight excluding hydrogens is 394 g/mol. The molecule has 154 valence electrons. The summed E-state index contributed by atoms with van der Waals surface area (Å²) in [7, 11) is 4.96. The van der Waals surface area contributed by atoms with Gasteiger partial charge in [0.15, 0.2) is 0 Å². The Morgan fingerprint density at radius 3 is 2.79 bits per heavy atom. The number of aryl methyl sites for hydroxylation is 1. The SMILES string of the molecule is COc1ccc(CCNC(=O)CN(C)c2nn3c(=O)cc(C)nc3s2)c(OC)c1. The Labute approximate surface area is 171 Å². The van der Waals surface area contributed by atoms with E-state index in [4.69, 9.17) is 9.47 Å². The molecule has 0 aliphatic rings. The van der Waals surface area contributed by atoms with Crippen LogP contribution in [0.4, 0.5) is 5.13 Å². The van der Waals surface area contributed by atoms with Crippen LogP contribution >= 0.6 is 11.3 Å². The fourth-order valence-electron chi connectivity index (χ4n) is 2.80. The Kier molecular flexibility index (Phi) is 6.32. The number of nitrogens with one attached hydrogen (secondary N) is 1. The molecule has 1 amide bonds. The summed E-state index contributed by atoms with van der Waals surface area (Å²) in [5.74, 6) is 1.30. The molecule has 3 rings (SSSR count). The molecule has 0 spiro atoms. The fourth-order valence-corrected chi connectivity index (χ4v) is 3.71. The van der Waals surface area contributed by atoms with Crippen LogP contribution in [0.3, 0.4) is 0 Å². The quantitative estimate of drug-likeness (QED) is 0.589. The van der Waals surface area contributed by atoms with Crippen LogP contribution in [-0.4, -0.2) is 54.9 Å². The lowest BCUT2D eigenvalue weighted by Crippen LogP contribution is -2.36. The van der Waals surface area contributed by atoms with Crippen molar-refractivity contribution in [1.82, 2.24) is 19.9 Å². The largest absolute Gasteiger partial charge is 0.497 e. The number of amides is 1. The molecule has 0 saturated carbocycles. The lowest BCUT2D eigenvalue weighted by Gasteiger charge is -2.15. The molecule has 29 heavy (non-hydrogen) atoms. The summed E-state index contributed by atoms with van der Waals surface area (Å²) in [4.78, 5) is 30.8. The molecule has 9 nitrogen and oxygen atoms in total. The number of aromatic nitrogens is 3. The van der Waals surface area contributed by atoms with Crippen molar-refractivity contribution >= 4 is 27.3 Å². The van der Waals surface area contributed by atoms with Crippen molar-refractivity contribution < 1.29 is 14.3 Å². The zero-order chi connectivity index (χ0) is 21.0. The average Bonchev–Trinajstić information content (AvgIpc) is 3.12. The predicted octanol–water partition coefficient (Wildman–Crippen LogP) is 1.27. The Balaban J connectivity index is 1.57. The second-order valence-corrected chi connectivity index (χ2v) is 7.38. The van der Waals surface area contributed by atoms with Crippen molar-refractivity contribution in [2.75, 3.05) is 39.3 Å². The maximum Gasteiger partial charge on any atom is 0.275 e. The molecule has 0 aliphatic heterocycles. The summed E-state index contributed by atoms with van der Waals surface area (Å²) < 4.78 is 11.8. The van der Waals surface area contributed by atoms with E-state index in [-0.39, 0.29) is 18.0 Å². The third-order valence-electron chi connectivity index (χ3n) is 4.28. The maximum absolute atomic E-state index is 12.3. The van der Waals surface area contributed by atoms with E-state index in [1.165, 1.54) is 21.9 Å². The third kappa shape index (κ3) is 4.83. The second kappa shape index (κ2) is 8.91. The number of benzene rings is 1. The Morgan fingerprint density at radius 2 is 2.07 bits per heavy atom. The van der Waals surface area contributed by atoms with Crippen LogP contribution in [0.2, 0.25) is 0 Å². The van der Waals surface area contributed by atoms with Crippen LogP contribution in [0.15, 0.2) is 29.1 Å². The molecule has 3 aromatic rings.